The number of phenolic OH excluding ortho intramolecular Hbond substituents is 1. The van der Waals surface area contributed by atoms with Crippen LogP contribution in [0.2, 0.25) is 0 Å². The van der Waals surface area contributed by atoms with Crippen molar-refractivity contribution >= 4 is 18.1 Å². The largest absolute Gasteiger partial charge is 0.505 e. The molecule has 0 amide bonds. The summed E-state index contributed by atoms with van der Waals surface area (Å²) in [5.41, 5.74) is 10.2. The van der Waals surface area contributed by atoms with Crippen molar-refractivity contribution in [2.75, 3.05) is 12.4 Å². The Bertz CT molecular complexity index is 322. The predicted molar refractivity (Wildman–Crippen MR) is 52.6 cm³/mol. The van der Waals surface area contributed by atoms with Crippen LogP contribution in [-0.2, 0) is 0 Å². The molecule has 0 aliphatic carbocycles. The molecular formula is C8H11ClF2N2O. The van der Waals surface area contributed by atoms with E-state index in [9.17, 15) is 13.9 Å². The first-order valence-electron chi connectivity index (χ1n) is 3.66. The summed E-state index contributed by atoms with van der Waals surface area (Å²) in [6, 6.07) is 1.29. The summed E-state index contributed by atoms with van der Waals surface area (Å²) in [5.74, 6) is -1.22. The maximum Gasteiger partial charge on any atom is 0.149 e. The highest BCUT2D eigenvalue weighted by Gasteiger charge is 2.14. The normalized spacial score (nSPS) is 11.9. The van der Waals surface area contributed by atoms with Gasteiger partial charge >= 0.3 is 0 Å². The first kappa shape index (κ1) is 12.9. The number of hydrogen-bond donors (Lipinski definition) is 3. The number of rotatable bonds is 2. The summed E-state index contributed by atoms with van der Waals surface area (Å²) in [6.07, 6.45) is 0. The van der Waals surface area contributed by atoms with E-state index in [0.29, 0.717) is 0 Å². The minimum Gasteiger partial charge on any atom is -0.505 e. The fraction of sp³-hybridized carbons (Fsp3) is 0.250. The maximum atomic E-state index is 12.7. The molecule has 0 fully saturated rings. The molecule has 3 nitrogen and oxygen atoms in total. The molecular weight excluding hydrogens is 214 g/mol. The first-order chi connectivity index (χ1) is 6.07. The molecule has 14 heavy (non-hydrogen) atoms. The van der Waals surface area contributed by atoms with Gasteiger partial charge in [0, 0.05) is 5.56 Å². The lowest BCUT2D eigenvalue weighted by Gasteiger charge is -2.11. The van der Waals surface area contributed by atoms with E-state index in [2.05, 4.69) is 0 Å². The van der Waals surface area contributed by atoms with E-state index >= 15 is 0 Å². The number of alkyl halides is 1. The van der Waals surface area contributed by atoms with Crippen LogP contribution >= 0.6 is 12.4 Å². The Morgan fingerprint density at radius 2 is 2.00 bits per heavy atom. The van der Waals surface area contributed by atoms with Crippen LogP contribution in [0.1, 0.15) is 11.6 Å². The smallest absolute Gasteiger partial charge is 0.149 e. The van der Waals surface area contributed by atoms with Gasteiger partial charge in [0.05, 0.1) is 6.04 Å². The Morgan fingerprint density at radius 3 is 2.50 bits per heavy atom. The number of aromatic hydroxyl groups is 1. The highest BCUT2D eigenvalue weighted by molar-refractivity contribution is 5.85. The molecule has 1 aromatic rings. The van der Waals surface area contributed by atoms with Crippen LogP contribution in [0.5, 0.6) is 5.75 Å². The van der Waals surface area contributed by atoms with Gasteiger partial charge in [-0.25, -0.2) is 8.78 Å². The van der Waals surface area contributed by atoms with Crippen molar-refractivity contribution in [2.45, 2.75) is 6.04 Å². The van der Waals surface area contributed by atoms with Crippen molar-refractivity contribution < 1.29 is 13.9 Å². The van der Waals surface area contributed by atoms with Crippen molar-refractivity contribution in [1.82, 2.24) is 0 Å². The third-order valence-corrected chi connectivity index (χ3v) is 1.76. The molecule has 1 rings (SSSR count). The van der Waals surface area contributed by atoms with E-state index in [0.717, 1.165) is 6.07 Å². The number of benzene rings is 1. The summed E-state index contributed by atoms with van der Waals surface area (Å²) in [6.45, 7) is -0.835. The van der Waals surface area contributed by atoms with Crippen LogP contribution in [0.3, 0.4) is 0 Å². The molecule has 0 spiro atoms. The Hall–Kier alpha value is -1.07. The van der Waals surface area contributed by atoms with Crippen molar-refractivity contribution in [3.63, 3.8) is 0 Å². The van der Waals surface area contributed by atoms with E-state index in [4.69, 9.17) is 11.5 Å². The standard InChI is InChI=1S/C8H10F2N2O.ClH/c9-3-6(11)4-1-2-5(10)7(12)8(4)13;/h1-2,6,13H,3,11-12H2;1H/t6-;/m1./s1. The number of nitrogens with two attached hydrogens (primary N) is 2. The Kier molecular flexibility index (Phi) is 4.59. The lowest BCUT2D eigenvalue weighted by atomic mass is 10.1. The molecule has 0 aromatic heterocycles. The highest BCUT2D eigenvalue weighted by atomic mass is 35.5. The Morgan fingerprint density at radius 1 is 1.43 bits per heavy atom. The third kappa shape index (κ3) is 2.24. The number of phenols is 1. The van der Waals surface area contributed by atoms with E-state index < -0.39 is 30.0 Å². The van der Waals surface area contributed by atoms with Crippen LogP contribution in [0.25, 0.3) is 0 Å². The molecule has 0 radical (unpaired) electrons. The molecule has 0 aliphatic rings. The quantitative estimate of drug-likeness (QED) is 0.527. The van der Waals surface area contributed by atoms with Gasteiger partial charge in [-0.3, -0.25) is 0 Å². The van der Waals surface area contributed by atoms with Gasteiger partial charge in [0.2, 0.25) is 0 Å². The molecule has 80 valence electrons. The summed E-state index contributed by atoms with van der Waals surface area (Å²) >= 11 is 0. The summed E-state index contributed by atoms with van der Waals surface area (Å²) in [5, 5.41) is 9.27. The average Bonchev–Trinajstić information content (AvgIpc) is 2.13. The zero-order valence-corrected chi connectivity index (χ0v) is 8.02. The molecule has 0 bridgehead atoms. The highest BCUT2D eigenvalue weighted by Crippen LogP contribution is 2.30. The second-order valence-corrected chi connectivity index (χ2v) is 2.66. The van der Waals surface area contributed by atoms with Crippen LogP contribution in [-0.4, -0.2) is 11.8 Å². The Labute approximate surface area is 86.1 Å². The molecule has 1 atom stereocenters. The van der Waals surface area contributed by atoms with E-state index in [-0.39, 0.29) is 18.0 Å². The number of anilines is 1. The molecule has 0 saturated heterocycles. The fourth-order valence-electron chi connectivity index (χ4n) is 0.983. The van der Waals surface area contributed by atoms with E-state index in [1.165, 1.54) is 6.07 Å². The number of hydrogen-bond acceptors (Lipinski definition) is 3. The lowest BCUT2D eigenvalue weighted by molar-refractivity contribution is 0.413. The number of nitrogen functional groups attached to an aromatic ring is 1. The summed E-state index contributed by atoms with van der Waals surface area (Å²) in [4.78, 5) is 0. The van der Waals surface area contributed by atoms with Crippen molar-refractivity contribution in [3.05, 3.63) is 23.5 Å². The maximum absolute atomic E-state index is 12.7. The summed E-state index contributed by atoms with van der Waals surface area (Å²) < 4.78 is 24.8. The second kappa shape index (κ2) is 4.97. The van der Waals surface area contributed by atoms with E-state index in [1.807, 2.05) is 0 Å². The van der Waals surface area contributed by atoms with Gasteiger partial charge in [0.1, 0.15) is 23.9 Å². The van der Waals surface area contributed by atoms with Crippen LogP contribution in [0.4, 0.5) is 14.5 Å². The molecule has 1 aromatic carbocycles. The minimum atomic E-state index is -0.970. The predicted octanol–water partition coefficient (Wildman–Crippen LogP) is 1.50. The average molecular weight is 225 g/mol. The van der Waals surface area contributed by atoms with Gasteiger partial charge in [-0.15, -0.1) is 12.4 Å². The van der Waals surface area contributed by atoms with Crippen LogP contribution in [0, 0.1) is 5.82 Å². The van der Waals surface area contributed by atoms with Crippen molar-refractivity contribution in [2.24, 2.45) is 5.73 Å². The van der Waals surface area contributed by atoms with Gasteiger partial charge < -0.3 is 16.6 Å². The molecule has 0 unspecified atom stereocenters. The molecule has 0 aliphatic heterocycles. The molecule has 6 heteroatoms. The van der Waals surface area contributed by atoms with Crippen LogP contribution in [0.15, 0.2) is 12.1 Å². The first-order valence-corrected chi connectivity index (χ1v) is 3.66. The van der Waals surface area contributed by atoms with Gasteiger partial charge in [-0.05, 0) is 6.07 Å². The third-order valence-electron chi connectivity index (χ3n) is 1.76. The van der Waals surface area contributed by atoms with Crippen molar-refractivity contribution in [1.29, 1.82) is 0 Å². The topological polar surface area (TPSA) is 72.3 Å². The molecule has 5 N–H and O–H groups in total. The number of halogens is 3. The monoisotopic (exact) mass is 224 g/mol. The zero-order valence-electron chi connectivity index (χ0n) is 7.21. The van der Waals surface area contributed by atoms with Gasteiger partial charge in [0.15, 0.2) is 0 Å². The van der Waals surface area contributed by atoms with E-state index in [1.54, 1.807) is 0 Å². The fourth-order valence-corrected chi connectivity index (χ4v) is 0.983. The van der Waals surface area contributed by atoms with Gasteiger partial charge in [-0.2, -0.15) is 0 Å². The molecule has 0 heterocycles. The second-order valence-electron chi connectivity index (χ2n) is 2.66. The summed E-state index contributed by atoms with van der Waals surface area (Å²) in [7, 11) is 0. The van der Waals surface area contributed by atoms with Crippen LogP contribution < -0.4 is 11.5 Å². The Balaban J connectivity index is 0.00000169. The SMILES string of the molecule is Cl.Nc1c(F)ccc([C@H](N)CF)c1O. The minimum absolute atomic E-state index is 0. The lowest BCUT2D eigenvalue weighted by Crippen LogP contribution is -2.13. The zero-order chi connectivity index (χ0) is 10.0. The van der Waals surface area contributed by atoms with Gasteiger partial charge in [-0.1, -0.05) is 6.07 Å². The van der Waals surface area contributed by atoms with Crippen molar-refractivity contribution in [3.8, 4) is 5.75 Å². The van der Waals surface area contributed by atoms with Gasteiger partial charge in [0.25, 0.3) is 0 Å². The molecule has 0 saturated carbocycles.